The molecule has 0 aliphatic heterocycles. The molecule has 20 heavy (non-hydrogen) atoms. The van der Waals surface area contributed by atoms with Crippen molar-refractivity contribution in [2.45, 2.75) is 64.0 Å². The number of esters is 1. The Morgan fingerprint density at radius 1 is 1.25 bits per heavy atom. The third-order valence-electron chi connectivity index (χ3n) is 4.54. The van der Waals surface area contributed by atoms with Crippen molar-refractivity contribution in [3.63, 3.8) is 0 Å². The molecule has 2 rings (SSSR count). The molecule has 4 heteroatoms. The van der Waals surface area contributed by atoms with Gasteiger partial charge in [-0.3, -0.25) is 4.90 Å². The molecule has 0 radical (unpaired) electrons. The molecule has 0 aromatic heterocycles. The van der Waals surface area contributed by atoms with Crippen LogP contribution in [0.1, 0.15) is 52.4 Å². The van der Waals surface area contributed by atoms with E-state index in [1.165, 1.54) is 20.0 Å². The van der Waals surface area contributed by atoms with Crippen LogP contribution < -0.4 is 5.32 Å². The average molecular weight is 282 g/mol. The first kappa shape index (κ1) is 15.8. The summed E-state index contributed by atoms with van der Waals surface area (Å²) in [5, 5.41) is 3.55. The van der Waals surface area contributed by atoms with Crippen molar-refractivity contribution in [3.8, 4) is 0 Å². The fraction of sp³-hybridized carbons (Fsp3) is 0.938. The van der Waals surface area contributed by atoms with E-state index in [1.807, 2.05) is 0 Å². The maximum Gasteiger partial charge on any atom is 0.327 e. The maximum atomic E-state index is 12.5. The molecule has 0 aromatic carbocycles. The van der Waals surface area contributed by atoms with Gasteiger partial charge in [0.1, 0.15) is 5.54 Å². The molecule has 4 nitrogen and oxygen atoms in total. The Bertz CT molecular complexity index is 326. The molecule has 0 saturated heterocycles. The minimum absolute atomic E-state index is 0.0600. The number of nitrogens with zero attached hydrogens (tertiary/aromatic N) is 1. The Labute approximate surface area is 123 Å². The summed E-state index contributed by atoms with van der Waals surface area (Å²) in [7, 11) is 1.52. The summed E-state index contributed by atoms with van der Waals surface area (Å²) >= 11 is 0. The Morgan fingerprint density at radius 2 is 1.95 bits per heavy atom. The fourth-order valence-electron chi connectivity index (χ4n) is 3.18. The van der Waals surface area contributed by atoms with E-state index in [4.69, 9.17) is 4.74 Å². The van der Waals surface area contributed by atoms with Crippen LogP contribution in [-0.2, 0) is 9.53 Å². The van der Waals surface area contributed by atoms with Crippen molar-refractivity contribution >= 4 is 5.97 Å². The molecular weight excluding hydrogens is 252 g/mol. The molecular formula is C16H30N2O2. The van der Waals surface area contributed by atoms with Gasteiger partial charge in [-0.15, -0.1) is 0 Å². The molecule has 1 unspecified atom stereocenters. The van der Waals surface area contributed by atoms with Gasteiger partial charge in [-0.1, -0.05) is 13.8 Å². The van der Waals surface area contributed by atoms with E-state index in [9.17, 15) is 4.79 Å². The second-order valence-electron chi connectivity index (χ2n) is 6.37. The topological polar surface area (TPSA) is 41.6 Å². The number of ether oxygens (including phenoxy) is 1. The highest BCUT2D eigenvalue weighted by atomic mass is 16.5. The molecule has 116 valence electrons. The molecule has 1 atom stereocenters. The third kappa shape index (κ3) is 3.53. The van der Waals surface area contributed by atoms with Crippen molar-refractivity contribution in [2.24, 2.45) is 5.92 Å². The number of hydrogen-bond acceptors (Lipinski definition) is 4. The lowest BCUT2D eigenvalue weighted by molar-refractivity contribution is -0.151. The van der Waals surface area contributed by atoms with Crippen LogP contribution in [0.25, 0.3) is 0 Å². The van der Waals surface area contributed by atoms with Gasteiger partial charge in [0.05, 0.1) is 7.11 Å². The lowest BCUT2D eigenvalue weighted by atomic mass is 9.91. The van der Waals surface area contributed by atoms with Gasteiger partial charge >= 0.3 is 5.97 Å². The van der Waals surface area contributed by atoms with Crippen molar-refractivity contribution in [3.05, 3.63) is 0 Å². The van der Waals surface area contributed by atoms with Crippen molar-refractivity contribution in [2.75, 3.05) is 26.7 Å². The van der Waals surface area contributed by atoms with E-state index in [0.29, 0.717) is 12.0 Å². The first-order valence-corrected chi connectivity index (χ1v) is 8.25. The molecule has 0 amide bonds. The Balaban J connectivity index is 2.12. The highest BCUT2D eigenvalue weighted by Gasteiger charge is 2.53. The summed E-state index contributed by atoms with van der Waals surface area (Å²) in [5.41, 5.74) is -0.470. The van der Waals surface area contributed by atoms with Gasteiger partial charge in [-0.25, -0.2) is 4.79 Å². The van der Waals surface area contributed by atoms with E-state index < -0.39 is 5.54 Å². The first-order valence-electron chi connectivity index (χ1n) is 8.25. The van der Waals surface area contributed by atoms with Crippen molar-refractivity contribution in [1.82, 2.24) is 10.2 Å². The molecule has 2 aliphatic rings. The molecule has 0 heterocycles. The lowest BCUT2D eigenvalue weighted by Gasteiger charge is -2.37. The van der Waals surface area contributed by atoms with E-state index >= 15 is 0 Å². The predicted molar refractivity (Wildman–Crippen MR) is 80.7 cm³/mol. The van der Waals surface area contributed by atoms with Crippen molar-refractivity contribution in [1.29, 1.82) is 0 Å². The van der Waals surface area contributed by atoms with Crippen LogP contribution in [0.3, 0.4) is 0 Å². The third-order valence-corrected chi connectivity index (χ3v) is 4.54. The quantitative estimate of drug-likeness (QED) is 0.624. The van der Waals surface area contributed by atoms with Crippen LogP contribution in [0.4, 0.5) is 0 Å². The molecule has 1 N–H and O–H groups in total. The number of methoxy groups -OCH3 is 1. The molecule has 0 aromatic rings. The largest absolute Gasteiger partial charge is 0.468 e. The summed E-state index contributed by atoms with van der Waals surface area (Å²) in [6.45, 7) is 7.15. The zero-order valence-electron chi connectivity index (χ0n) is 13.3. The molecule has 2 aliphatic carbocycles. The Hall–Kier alpha value is -0.610. The van der Waals surface area contributed by atoms with Crippen LogP contribution in [0, 0.1) is 5.92 Å². The van der Waals surface area contributed by atoms with Crippen LogP contribution in [0.15, 0.2) is 0 Å². The molecule has 0 bridgehead atoms. The van der Waals surface area contributed by atoms with Gasteiger partial charge < -0.3 is 10.1 Å². The summed E-state index contributed by atoms with van der Waals surface area (Å²) in [4.78, 5) is 15.0. The number of carbonyl (C=O) groups is 1. The highest BCUT2D eigenvalue weighted by Crippen LogP contribution is 2.42. The van der Waals surface area contributed by atoms with Crippen molar-refractivity contribution < 1.29 is 9.53 Å². The zero-order chi connectivity index (χ0) is 14.6. The van der Waals surface area contributed by atoms with Gasteiger partial charge in [0.15, 0.2) is 0 Å². The average Bonchev–Trinajstić information content (AvgIpc) is 3.31. The standard InChI is InChI=1S/C16H30N2O2/c1-4-10-17-16(13-6-7-13,15(19)20-3)12-18(11-5-2)14-8-9-14/h13-14,17H,4-12H2,1-3H3. The second-order valence-corrected chi connectivity index (χ2v) is 6.37. The predicted octanol–water partition coefficient (Wildman–Crippen LogP) is 2.18. The maximum absolute atomic E-state index is 12.5. The van der Waals surface area contributed by atoms with Gasteiger partial charge in [-0.2, -0.15) is 0 Å². The zero-order valence-corrected chi connectivity index (χ0v) is 13.3. The first-order chi connectivity index (χ1) is 9.67. The van der Waals surface area contributed by atoms with Crippen LogP contribution >= 0.6 is 0 Å². The number of rotatable bonds is 10. The van der Waals surface area contributed by atoms with E-state index in [-0.39, 0.29) is 5.97 Å². The summed E-state index contributed by atoms with van der Waals surface area (Å²) in [6, 6.07) is 0.696. The summed E-state index contributed by atoms with van der Waals surface area (Å²) in [5.74, 6) is 0.398. The molecule has 2 fully saturated rings. The van der Waals surface area contributed by atoms with Gasteiger partial charge in [-0.05, 0) is 57.5 Å². The number of carbonyl (C=O) groups excluding carboxylic acids is 1. The van der Waals surface area contributed by atoms with Gasteiger partial charge in [0.2, 0.25) is 0 Å². The van der Waals surface area contributed by atoms with Crippen LogP contribution in [0.2, 0.25) is 0 Å². The normalized spacial score (nSPS) is 21.8. The lowest BCUT2D eigenvalue weighted by Crippen LogP contribution is -2.61. The smallest absolute Gasteiger partial charge is 0.327 e. The minimum atomic E-state index is -0.470. The summed E-state index contributed by atoms with van der Waals surface area (Å²) in [6.07, 6.45) is 7.06. The molecule has 0 spiro atoms. The van der Waals surface area contributed by atoms with Gasteiger partial charge in [0.25, 0.3) is 0 Å². The Morgan fingerprint density at radius 3 is 2.40 bits per heavy atom. The van der Waals surface area contributed by atoms with Crippen LogP contribution in [-0.4, -0.2) is 49.2 Å². The van der Waals surface area contributed by atoms with E-state index in [1.54, 1.807) is 0 Å². The van der Waals surface area contributed by atoms with E-state index in [2.05, 4.69) is 24.1 Å². The highest BCUT2D eigenvalue weighted by molar-refractivity contribution is 5.82. The Kier molecular flexibility index (Phi) is 5.44. The monoisotopic (exact) mass is 282 g/mol. The van der Waals surface area contributed by atoms with Crippen LogP contribution in [0.5, 0.6) is 0 Å². The minimum Gasteiger partial charge on any atom is -0.468 e. The number of nitrogens with one attached hydrogen (secondary N) is 1. The summed E-state index contributed by atoms with van der Waals surface area (Å²) < 4.78 is 5.17. The van der Waals surface area contributed by atoms with E-state index in [0.717, 1.165) is 45.3 Å². The van der Waals surface area contributed by atoms with Gasteiger partial charge in [0, 0.05) is 12.6 Å². The molecule has 2 saturated carbocycles. The number of hydrogen-bond donors (Lipinski definition) is 1. The fourth-order valence-corrected chi connectivity index (χ4v) is 3.18. The second kappa shape index (κ2) is 6.90. The SMILES string of the molecule is CCCNC(CN(CCC)C1CC1)(C(=O)OC)C1CC1.